The van der Waals surface area contributed by atoms with E-state index in [0.29, 0.717) is 25.6 Å². The predicted molar refractivity (Wildman–Crippen MR) is 97.3 cm³/mol. The highest BCUT2D eigenvalue weighted by Gasteiger charge is 2.36. The van der Waals surface area contributed by atoms with E-state index in [2.05, 4.69) is 27.4 Å². The van der Waals surface area contributed by atoms with E-state index in [9.17, 15) is 9.59 Å². The van der Waals surface area contributed by atoms with Crippen molar-refractivity contribution in [2.24, 2.45) is 5.92 Å². The number of likely N-dealkylation sites (N-methyl/N-ethyl adjacent to an activating group) is 1. The van der Waals surface area contributed by atoms with Crippen LogP contribution in [0.2, 0.25) is 0 Å². The Morgan fingerprint density at radius 2 is 2.08 bits per heavy atom. The zero-order valence-electron chi connectivity index (χ0n) is 15.5. The molecule has 2 amide bonds. The maximum absolute atomic E-state index is 12.4. The van der Waals surface area contributed by atoms with Gasteiger partial charge in [-0.1, -0.05) is 6.92 Å². The molecule has 0 aromatic rings. The topological polar surface area (TPSA) is 67.9 Å². The van der Waals surface area contributed by atoms with Crippen molar-refractivity contribution in [3.05, 3.63) is 0 Å². The van der Waals surface area contributed by atoms with Gasteiger partial charge >= 0.3 is 0 Å². The summed E-state index contributed by atoms with van der Waals surface area (Å²) in [6, 6.07) is 0.475. The summed E-state index contributed by atoms with van der Waals surface area (Å²) in [6.45, 7) is 11.4. The summed E-state index contributed by atoms with van der Waals surface area (Å²) in [7, 11) is 0. The molecule has 0 bridgehead atoms. The van der Waals surface area contributed by atoms with E-state index in [4.69, 9.17) is 0 Å². The Bertz CT molecular complexity index is 466. The van der Waals surface area contributed by atoms with E-state index in [1.807, 2.05) is 4.90 Å². The summed E-state index contributed by atoms with van der Waals surface area (Å²) in [4.78, 5) is 31.4. The van der Waals surface area contributed by atoms with Crippen molar-refractivity contribution in [3.8, 4) is 0 Å². The number of hydrogen-bond acceptors (Lipinski definition) is 5. The van der Waals surface area contributed by atoms with Crippen LogP contribution in [0.3, 0.4) is 0 Å². The highest BCUT2D eigenvalue weighted by atomic mass is 16.2. The first-order chi connectivity index (χ1) is 12.2. The minimum atomic E-state index is -0.174. The van der Waals surface area contributed by atoms with Crippen LogP contribution in [-0.2, 0) is 9.59 Å². The molecule has 2 atom stereocenters. The molecule has 0 saturated carbocycles. The molecule has 3 saturated heterocycles. The molecule has 2 unspecified atom stereocenters. The van der Waals surface area contributed by atoms with E-state index >= 15 is 0 Å². The van der Waals surface area contributed by atoms with Crippen LogP contribution in [-0.4, -0.2) is 98.0 Å². The third kappa shape index (κ3) is 4.92. The Kier molecular flexibility index (Phi) is 6.67. The molecule has 7 heteroatoms. The minimum absolute atomic E-state index is 0.0461. The highest BCUT2D eigenvalue weighted by molar-refractivity contribution is 5.89. The van der Waals surface area contributed by atoms with Gasteiger partial charge < -0.3 is 15.5 Å². The van der Waals surface area contributed by atoms with Gasteiger partial charge in [0.1, 0.15) is 0 Å². The van der Waals surface area contributed by atoms with Crippen molar-refractivity contribution < 1.29 is 9.59 Å². The van der Waals surface area contributed by atoms with Crippen molar-refractivity contribution in [2.75, 3.05) is 65.4 Å². The van der Waals surface area contributed by atoms with Crippen LogP contribution in [0.25, 0.3) is 0 Å². The molecule has 3 fully saturated rings. The van der Waals surface area contributed by atoms with E-state index in [0.717, 1.165) is 52.4 Å². The number of hydrogen-bond donors (Lipinski definition) is 2. The lowest BCUT2D eigenvalue weighted by molar-refractivity contribution is -0.129. The zero-order chi connectivity index (χ0) is 17.6. The summed E-state index contributed by atoms with van der Waals surface area (Å²) in [5.74, 6) is 0.0157. The lowest BCUT2D eigenvalue weighted by Crippen LogP contribution is -2.46. The van der Waals surface area contributed by atoms with Crippen LogP contribution >= 0.6 is 0 Å². The molecule has 3 aliphatic heterocycles. The van der Waals surface area contributed by atoms with Gasteiger partial charge in [-0.3, -0.25) is 19.4 Å². The molecule has 142 valence electrons. The second-order valence-corrected chi connectivity index (χ2v) is 7.51. The average Bonchev–Trinajstić information content (AvgIpc) is 3.23. The molecule has 0 aromatic heterocycles. The first kappa shape index (κ1) is 18.6. The normalized spacial score (nSPS) is 28.7. The number of carbonyl (C=O) groups excluding carboxylic acids is 2. The van der Waals surface area contributed by atoms with Crippen molar-refractivity contribution in [1.29, 1.82) is 0 Å². The first-order valence-electron chi connectivity index (χ1n) is 9.90. The molecule has 0 spiro atoms. The summed E-state index contributed by atoms with van der Waals surface area (Å²) in [5.41, 5.74) is 0. The van der Waals surface area contributed by atoms with E-state index in [1.165, 1.54) is 12.8 Å². The average molecular weight is 351 g/mol. The van der Waals surface area contributed by atoms with Crippen LogP contribution < -0.4 is 10.6 Å². The Hall–Kier alpha value is -1.18. The lowest BCUT2D eigenvalue weighted by atomic mass is 10.1. The second-order valence-electron chi connectivity index (χ2n) is 7.51. The van der Waals surface area contributed by atoms with Crippen LogP contribution in [0.5, 0.6) is 0 Å². The number of nitrogens with one attached hydrogen (secondary N) is 2. The molecule has 3 rings (SSSR count). The van der Waals surface area contributed by atoms with Crippen molar-refractivity contribution in [3.63, 3.8) is 0 Å². The third-order valence-corrected chi connectivity index (χ3v) is 5.86. The smallest absolute Gasteiger partial charge is 0.225 e. The van der Waals surface area contributed by atoms with Crippen molar-refractivity contribution in [2.45, 2.75) is 32.2 Å². The number of carbonyl (C=O) groups is 2. The molecule has 0 aliphatic carbocycles. The SMILES string of the molecule is CCN1CCCC1CN1CC(C(=O)NCCN2CCNCC2)CC1=O. The predicted octanol–water partition coefficient (Wildman–Crippen LogP) is -0.659. The minimum Gasteiger partial charge on any atom is -0.355 e. The van der Waals surface area contributed by atoms with E-state index in [-0.39, 0.29) is 17.7 Å². The summed E-state index contributed by atoms with van der Waals surface area (Å²) >= 11 is 0. The Morgan fingerprint density at radius 1 is 1.28 bits per heavy atom. The van der Waals surface area contributed by atoms with Crippen LogP contribution in [0, 0.1) is 5.92 Å². The van der Waals surface area contributed by atoms with Gasteiger partial charge in [0.2, 0.25) is 11.8 Å². The van der Waals surface area contributed by atoms with Gasteiger partial charge in [-0.05, 0) is 25.9 Å². The lowest BCUT2D eigenvalue weighted by Gasteiger charge is -2.28. The molecule has 25 heavy (non-hydrogen) atoms. The van der Waals surface area contributed by atoms with Gasteiger partial charge in [-0.25, -0.2) is 0 Å². The molecular formula is C18H33N5O2. The highest BCUT2D eigenvalue weighted by Crippen LogP contribution is 2.23. The number of rotatable bonds is 7. The van der Waals surface area contributed by atoms with Crippen molar-refractivity contribution in [1.82, 2.24) is 25.3 Å². The second kappa shape index (κ2) is 8.96. The fourth-order valence-corrected chi connectivity index (χ4v) is 4.31. The van der Waals surface area contributed by atoms with Gasteiger partial charge in [0.05, 0.1) is 5.92 Å². The van der Waals surface area contributed by atoms with E-state index < -0.39 is 0 Å². The largest absolute Gasteiger partial charge is 0.355 e. The summed E-state index contributed by atoms with van der Waals surface area (Å²) < 4.78 is 0. The van der Waals surface area contributed by atoms with Gasteiger partial charge in [0.25, 0.3) is 0 Å². The summed E-state index contributed by atoms with van der Waals surface area (Å²) in [5, 5.41) is 6.37. The molecule has 0 aromatic carbocycles. The van der Waals surface area contributed by atoms with Crippen LogP contribution in [0.4, 0.5) is 0 Å². The molecular weight excluding hydrogens is 318 g/mol. The molecule has 2 N–H and O–H groups in total. The van der Waals surface area contributed by atoms with Gasteiger partial charge in [0, 0.05) is 64.8 Å². The van der Waals surface area contributed by atoms with Gasteiger partial charge in [-0.15, -0.1) is 0 Å². The maximum atomic E-state index is 12.4. The van der Waals surface area contributed by atoms with Crippen molar-refractivity contribution >= 4 is 11.8 Å². The number of piperazine rings is 1. The number of amides is 2. The maximum Gasteiger partial charge on any atom is 0.225 e. The fourth-order valence-electron chi connectivity index (χ4n) is 4.31. The Labute approximate surface area is 151 Å². The van der Waals surface area contributed by atoms with Crippen LogP contribution in [0.15, 0.2) is 0 Å². The molecule has 3 heterocycles. The standard InChI is InChI=1S/C18H33N5O2/c1-2-22-8-3-4-16(22)14-23-13-15(12-17(23)24)18(25)20-7-11-21-9-5-19-6-10-21/h15-16,19H,2-14H2,1H3,(H,20,25). The number of likely N-dealkylation sites (tertiary alicyclic amines) is 2. The van der Waals surface area contributed by atoms with Gasteiger partial charge in [-0.2, -0.15) is 0 Å². The fraction of sp³-hybridized carbons (Fsp3) is 0.889. The van der Waals surface area contributed by atoms with Gasteiger partial charge in [0.15, 0.2) is 0 Å². The monoisotopic (exact) mass is 351 g/mol. The Morgan fingerprint density at radius 3 is 2.84 bits per heavy atom. The third-order valence-electron chi connectivity index (χ3n) is 5.86. The Balaban J connectivity index is 1.39. The van der Waals surface area contributed by atoms with E-state index in [1.54, 1.807) is 0 Å². The number of nitrogens with zero attached hydrogens (tertiary/aromatic N) is 3. The molecule has 0 radical (unpaired) electrons. The zero-order valence-corrected chi connectivity index (χ0v) is 15.5. The molecule has 3 aliphatic rings. The molecule has 7 nitrogen and oxygen atoms in total. The van der Waals surface area contributed by atoms with Crippen LogP contribution in [0.1, 0.15) is 26.2 Å². The first-order valence-corrected chi connectivity index (χ1v) is 9.90. The quantitative estimate of drug-likeness (QED) is 0.637. The summed E-state index contributed by atoms with van der Waals surface area (Å²) in [6.07, 6.45) is 2.76.